The van der Waals surface area contributed by atoms with Crippen LogP contribution in [0.15, 0.2) is 24.3 Å². The van der Waals surface area contributed by atoms with Crippen molar-refractivity contribution in [2.45, 2.75) is 77.0 Å². The average molecular weight is 328 g/mol. The lowest BCUT2D eigenvalue weighted by molar-refractivity contribution is 0.0799. The van der Waals surface area contributed by atoms with Crippen molar-refractivity contribution in [3.8, 4) is 6.07 Å². The van der Waals surface area contributed by atoms with Crippen LogP contribution < -0.4 is 0 Å². The maximum Gasteiger partial charge on any atom is 0.0991 e. The molecule has 1 aromatic carbocycles. The molecule has 0 aromatic heterocycles. The molecular weight excluding hydrogens is 294 g/mol. The Morgan fingerprint density at radius 2 is 1.62 bits per heavy atom. The number of unbranched alkanes of at least 4 members (excludes halogenated alkanes) is 5. The van der Waals surface area contributed by atoms with Gasteiger partial charge >= 0.3 is 0 Å². The molecule has 0 amide bonds. The first kappa shape index (κ1) is 19.0. The van der Waals surface area contributed by atoms with E-state index in [1.165, 1.54) is 69.8 Å². The van der Waals surface area contributed by atoms with Crippen LogP contribution in [0.5, 0.6) is 0 Å². The summed E-state index contributed by atoms with van der Waals surface area (Å²) in [6.45, 7) is 4.16. The van der Waals surface area contributed by atoms with E-state index in [1.54, 1.807) is 0 Å². The van der Waals surface area contributed by atoms with Crippen LogP contribution in [0.3, 0.4) is 0 Å². The van der Waals surface area contributed by atoms with Gasteiger partial charge in [0.15, 0.2) is 0 Å². The molecule has 0 N–H and O–H groups in total. The van der Waals surface area contributed by atoms with Crippen LogP contribution in [0.4, 0.5) is 0 Å². The molecule has 132 valence electrons. The number of rotatable bonds is 10. The highest BCUT2D eigenvalue weighted by Crippen LogP contribution is 2.35. The van der Waals surface area contributed by atoms with E-state index in [2.05, 4.69) is 25.1 Å². The Bertz CT molecular complexity index is 480. The molecule has 2 rings (SSSR count). The minimum Gasteiger partial charge on any atom is -0.381 e. The van der Waals surface area contributed by atoms with Crippen molar-refractivity contribution in [1.29, 1.82) is 5.26 Å². The summed E-state index contributed by atoms with van der Waals surface area (Å²) in [6.07, 6.45) is 13.1. The first-order valence-electron chi connectivity index (χ1n) is 9.91. The van der Waals surface area contributed by atoms with Gasteiger partial charge in [0.25, 0.3) is 0 Å². The molecular formula is C22H33NO. The summed E-state index contributed by atoms with van der Waals surface area (Å²) in [5.41, 5.74) is 2.16. The lowest BCUT2D eigenvalue weighted by Gasteiger charge is -2.28. The van der Waals surface area contributed by atoms with Crippen LogP contribution in [-0.2, 0) is 4.74 Å². The van der Waals surface area contributed by atoms with E-state index in [1.807, 2.05) is 12.1 Å². The van der Waals surface area contributed by atoms with Gasteiger partial charge in [0.05, 0.1) is 11.6 Å². The quantitative estimate of drug-likeness (QED) is 0.479. The molecule has 2 nitrogen and oxygen atoms in total. The van der Waals surface area contributed by atoms with Crippen molar-refractivity contribution in [2.75, 3.05) is 13.2 Å². The first-order chi connectivity index (χ1) is 11.8. The molecule has 24 heavy (non-hydrogen) atoms. The third-order valence-electron chi connectivity index (χ3n) is 5.35. The average Bonchev–Trinajstić information content (AvgIpc) is 2.64. The van der Waals surface area contributed by atoms with Gasteiger partial charge in [0.1, 0.15) is 0 Å². The molecule has 0 unspecified atom stereocenters. The smallest absolute Gasteiger partial charge is 0.0991 e. The van der Waals surface area contributed by atoms with Crippen molar-refractivity contribution < 1.29 is 4.74 Å². The van der Waals surface area contributed by atoms with Gasteiger partial charge in [-0.1, -0.05) is 51.2 Å². The number of benzene rings is 1. The molecule has 1 aliphatic rings. The lowest BCUT2D eigenvalue weighted by Crippen LogP contribution is -2.18. The van der Waals surface area contributed by atoms with E-state index < -0.39 is 0 Å². The van der Waals surface area contributed by atoms with Gasteiger partial charge in [-0.25, -0.2) is 0 Å². The third-order valence-corrected chi connectivity index (χ3v) is 5.35. The highest BCUT2D eigenvalue weighted by molar-refractivity contribution is 5.33. The summed E-state index contributed by atoms with van der Waals surface area (Å²) in [4.78, 5) is 0. The summed E-state index contributed by atoms with van der Waals surface area (Å²) < 4.78 is 5.91. The van der Waals surface area contributed by atoms with Gasteiger partial charge in [-0.15, -0.1) is 0 Å². The van der Waals surface area contributed by atoms with E-state index >= 15 is 0 Å². The second kappa shape index (κ2) is 11.3. The van der Waals surface area contributed by atoms with Gasteiger partial charge < -0.3 is 4.74 Å². The van der Waals surface area contributed by atoms with E-state index in [4.69, 9.17) is 10.00 Å². The van der Waals surface area contributed by atoms with Gasteiger partial charge in [0, 0.05) is 13.2 Å². The summed E-state index contributed by atoms with van der Waals surface area (Å²) in [7, 11) is 0. The molecule has 0 radical (unpaired) electrons. The van der Waals surface area contributed by atoms with Gasteiger partial charge in [-0.2, -0.15) is 5.26 Å². The van der Waals surface area contributed by atoms with Crippen LogP contribution in [0.1, 0.15) is 88.2 Å². The van der Waals surface area contributed by atoms with Gasteiger partial charge in [-0.3, -0.25) is 0 Å². The SMILES string of the molecule is CCCCCCCCOCC1CCC(c2ccc(C#N)cc2)CC1. The Morgan fingerprint density at radius 3 is 2.29 bits per heavy atom. The predicted octanol–water partition coefficient (Wildman–Crippen LogP) is 6.21. The monoisotopic (exact) mass is 327 g/mol. The Kier molecular flexibility index (Phi) is 8.92. The maximum atomic E-state index is 8.88. The summed E-state index contributed by atoms with van der Waals surface area (Å²) in [5, 5.41) is 8.88. The zero-order valence-electron chi connectivity index (χ0n) is 15.3. The van der Waals surface area contributed by atoms with Crippen molar-refractivity contribution in [3.05, 3.63) is 35.4 Å². The largest absolute Gasteiger partial charge is 0.381 e. The van der Waals surface area contributed by atoms with Crippen molar-refractivity contribution in [1.82, 2.24) is 0 Å². The lowest BCUT2D eigenvalue weighted by atomic mass is 9.79. The number of nitriles is 1. The molecule has 0 heterocycles. The third kappa shape index (κ3) is 6.65. The molecule has 1 fully saturated rings. The van der Waals surface area contributed by atoms with Crippen LogP contribution in [-0.4, -0.2) is 13.2 Å². The molecule has 0 bridgehead atoms. The second-order valence-corrected chi connectivity index (χ2v) is 7.29. The van der Waals surface area contributed by atoms with E-state index in [9.17, 15) is 0 Å². The predicted molar refractivity (Wildman–Crippen MR) is 100 cm³/mol. The summed E-state index contributed by atoms with van der Waals surface area (Å²) in [6, 6.07) is 10.4. The Hall–Kier alpha value is -1.33. The van der Waals surface area contributed by atoms with Crippen molar-refractivity contribution in [3.63, 3.8) is 0 Å². The minimum atomic E-state index is 0.674. The Balaban J connectivity index is 1.55. The fraction of sp³-hybridized carbons (Fsp3) is 0.682. The molecule has 0 aliphatic heterocycles. The maximum absolute atomic E-state index is 8.88. The molecule has 0 atom stereocenters. The zero-order valence-corrected chi connectivity index (χ0v) is 15.3. The minimum absolute atomic E-state index is 0.674. The fourth-order valence-corrected chi connectivity index (χ4v) is 3.73. The highest BCUT2D eigenvalue weighted by Gasteiger charge is 2.22. The standard InChI is InChI=1S/C22H33NO/c1-2-3-4-5-6-7-16-24-18-20-10-14-22(15-11-20)21-12-8-19(17-23)9-13-21/h8-9,12-13,20,22H,2-7,10-11,14-16,18H2,1H3. The molecule has 1 saturated carbocycles. The van der Waals surface area contributed by atoms with Crippen LogP contribution in [0.25, 0.3) is 0 Å². The van der Waals surface area contributed by atoms with Crippen LogP contribution in [0, 0.1) is 17.2 Å². The number of ether oxygens (including phenoxy) is 1. The molecule has 0 saturated heterocycles. The Labute approximate surface area is 148 Å². The second-order valence-electron chi connectivity index (χ2n) is 7.29. The van der Waals surface area contributed by atoms with E-state index in [0.717, 1.165) is 24.7 Å². The topological polar surface area (TPSA) is 33.0 Å². The Morgan fingerprint density at radius 1 is 0.958 bits per heavy atom. The first-order valence-corrected chi connectivity index (χ1v) is 9.91. The number of nitrogens with zero attached hydrogens (tertiary/aromatic N) is 1. The molecule has 2 heteroatoms. The van der Waals surface area contributed by atoms with Gasteiger partial charge in [0.2, 0.25) is 0 Å². The zero-order chi connectivity index (χ0) is 17.0. The molecule has 1 aliphatic carbocycles. The van der Waals surface area contributed by atoms with E-state index in [0.29, 0.717) is 5.92 Å². The summed E-state index contributed by atoms with van der Waals surface area (Å²) >= 11 is 0. The molecule has 1 aromatic rings. The number of hydrogen-bond acceptors (Lipinski definition) is 2. The number of hydrogen-bond donors (Lipinski definition) is 0. The normalized spacial score (nSPS) is 20.7. The highest BCUT2D eigenvalue weighted by atomic mass is 16.5. The fourth-order valence-electron chi connectivity index (χ4n) is 3.73. The van der Waals surface area contributed by atoms with Crippen molar-refractivity contribution >= 4 is 0 Å². The molecule has 0 spiro atoms. The van der Waals surface area contributed by atoms with Crippen molar-refractivity contribution in [2.24, 2.45) is 5.92 Å². The van der Waals surface area contributed by atoms with Crippen LogP contribution in [0.2, 0.25) is 0 Å². The van der Waals surface area contributed by atoms with E-state index in [-0.39, 0.29) is 0 Å². The van der Waals surface area contributed by atoms with Gasteiger partial charge in [-0.05, 0) is 61.6 Å². The van der Waals surface area contributed by atoms with Crippen LogP contribution >= 0.6 is 0 Å². The summed E-state index contributed by atoms with van der Waals surface area (Å²) in [5.74, 6) is 1.42.